The Hall–Kier alpha value is -5.14. The number of carbonyl (C=O) groups excluding carboxylic acids is 3. The molecule has 0 unspecified atom stereocenters. The quantitative estimate of drug-likeness (QED) is 0.159. The maximum absolute atomic E-state index is 14.5. The van der Waals surface area contributed by atoms with Gasteiger partial charge in [0.2, 0.25) is 0 Å². The molecule has 0 saturated carbocycles. The first-order valence-corrected chi connectivity index (χ1v) is 17.8. The van der Waals surface area contributed by atoms with Crippen molar-refractivity contribution in [2.45, 2.75) is 72.1 Å². The zero-order valence-electron chi connectivity index (χ0n) is 30.8. The lowest BCUT2D eigenvalue weighted by atomic mass is 10.0. The van der Waals surface area contributed by atoms with Crippen LogP contribution in [-0.2, 0) is 4.74 Å². The number of benzene rings is 3. The Labute approximate surface area is 304 Å². The lowest BCUT2D eigenvalue weighted by Gasteiger charge is -2.35. The summed E-state index contributed by atoms with van der Waals surface area (Å²) in [5, 5.41) is 24.8. The van der Waals surface area contributed by atoms with Gasteiger partial charge < -0.3 is 44.9 Å². The molecule has 0 radical (unpaired) electrons. The molecular formula is C39H50N6O7. The second-order valence-corrected chi connectivity index (χ2v) is 13.6. The zero-order valence-corrected chi connectivity index (χ0v) is 30.8. The average molecular weight is 715 g/mol. The van der Waals surface area contributed by atoms with Crippen LogP contribution in [-0.4, -0.2) is 89.6 Å². The fraction of sp³-hybridized carbons (Fsp3) is 0.436. The zero-order chi connectivity index (χ0) is 37.4. The van der Waals surface area contributed by atoms with E-state index in [2.05, 4.69) is 21.1 Å². The first-order valence-electron chi connectivity index (χ1n) is 17.8. The van der Waals surface area contributed by atoms with Crippen LogP contribution in [0.1, 0.15) is 61.8 Å². The molecule has 0 bridgehead atoms. The van der Waals surface area contributed by atoms with Crippen LogP contribution in [0.25, 0.3) is 10.8 Å². The summed E-state index contributed by atoms with van der Waals surface area (Å²) in [6, 6.07) is 17.1. The van der Waals surface area contributed by atoms with E-state index in [1.165, 1.54) is 0 Å². The summed E-state index contributed by atoms with van der Waals surface area (Å²) in [6.45, 7) is 9.85. The van der Waals surface area contributed by atoms with Crippen molar-refractivity contribution in [3.8, 4) is 5.75 Å². The Balaban J connectivity index is 1.38. The highest BCUT2D eigenvalue weighted by atomic mass is 16.5. The van der Waals surface area contributed by atoms with Gasteiger partial charge in [-0.2, -0.15) is 0 Å². The summed E-state index contributed by atoms with van der Waals surface area (Å²) in [6.07, 6.45) is 1.70. The molecule has 13 nitrogen and oxygen atoms in total. The van der Waals surface area contributed by atoms with E-state index >= 15 is 0 Å². The van der Waals surface area contributed by atoms with Crippen molar-refractivity contribution >= 4 is 45.8 Å². The molecule has 4 aromatic rings. The van der Waals surface area contributed by atoms with Gasteiger partial charge >= 0.3 is 12.1 Å². The molecule has 0 saturated heterocycles. The predicted octanol–water partition coefficient (Wildman–Crippen LogP) is 7.05. The lowest BCUT2D eigenvalue weighted by molar-refractivity contribution is -0.0115. The van der Waals surface area contributed by atoms with Crippen LogP contribution in [0, 0.1) is 19.8 Å². The minimum absolute atomic E-state index is 0.208. The number of aromatic nitrogens is 1. The van der Waals surface area contributed by atoms with Gasteiger partial charge in [-0.25, -0.2) is 9.59 Å². The number of hydrogen-bond donors (Lipinski definition) is 4. The van der Waals surface area contributed by atoms with Gasteiger partial charge in [0.25, 0.3) is 5.91 Å². The molecule has 0 spiro atoms. The Bertz CT molecular complexity index is 1840. The van der Waals surface area contributed by atoms with Crippen molar-refractivity contribution in [1.82, 2.24) is 15.0 Å². The van der Waals surface area contributed by atoms with Gasteiger partial charge in [0.15, 0.2) is 5.76 Å². The molecule has 0 aliphatic carbocycles. The van der Waals surface area contributed by atoms with Gasteiger partial charge in [-0.3, -0.25) is 4.79 Å². The highest BCUT2D eigenvalue weighted by Gasteiger charge is 2.31. The Kier molecular flexibility index (Phi) is 12.7. The standard InChI is InChI=1S/C39H50N6O7/c1-24-21-45(25(2)23-46)37(47)32-20-30(40-38(48)41-33-16-11-14-29-13-7-8-15-31(29)33)17-18-34(32)51-26(3)12-9-10-19-50-35(24)22-44(6)39(49)42-36-27(4)43-52-28(36)5/h7-8,11,13-18,20,24-26,35,46H,9-10,12,19,21-23H2,1-6H3,(H,42,49)(H2,40,41,48)/t24-,25+,26+,35+/m0/s1. The van der Waals surface area contributed by atoms with Gasteiger partial charge in [-0.1, -0.05) is 48.5 Å². The SMILES string of the molecule is Cc1noc(C)c1NC(=O)N(C)C[C@H]1OCCCC[C@@H](C)Oc2ccc(NC(=O)Nc3cccc4ccccc34)cc2C(=O)N([C@H](C)CO)C[C@@H]1C. The van der Waals surface area contributed by atoms with Crippen molar-refractivity contribution in [3.05, 3.63) is 77.7 Å². The van der Waals surface area contributed by atoms with E-state index in [0.29, 0.717) is 40.9 Å². The smallest absolute Gasteiger partial charge is 0.323 e. The van der Waals surface area contributed by atoms with Crippen LogP contribution in [0.2, 0.25) is 0 Å². The van der Waals surface area contributed by atoms with E-state index in [1.807, 2.05) is 56.3 Å². The number of urea groups is 2. The van der Waals surface area contributed by atoms with E-state index in [0.717, 1.165) is 30.0 Å². The lowest BCUT2D eigenvalue weighted by Crippen LogP contribution is -2.48. The molecule has 4 N–H and O–H groups in total. The van der Waals surface area contributed by atoms with Gasteiger partial charge in [0, 0.05) is 43.7 Å². The third-order valence-corrected chi connectivity index (χ3v) is 9.41. The Morgan fingerprint density at radius 1 is 1.04 bits per heavy atom. The fourth-order valence-electron chi connectivity index (χ4n) is 6.30. The van der Waals surface area contributed by atoms with E-state index < -0.39 is 18.2 Å². The fourth-order valence-corrected chi connectivity index (χ4v) is 6.30. The van der Waals surface area contributed by atoms with Crippen molar-refractivity contribution in [1.29, 1.82) is 0 Å². The first kappa shape index (κ1) is 38.1. The highest BCUT2D eigenvalue weighted by molar-refractivity contribution is 6.07. The van der Waals surface area contributed by atoms with E-state index in [9.17, 15) is 19.5 Å². The molecule has 2 heterocycles. The third-order valence-electron chi connectivity index (χ3n) is 9.41. The summed E-state index contributed by atoms with van der Waals surface area (Å²) in [5.74, 6) is 0.289. The van der Waals surface area contributed by atoms with E-state index in [-0.39, 0.29) is 49.2 Å². The summed E-state index contributed by atoms with van der Waals surface area (Å²) in [7, 11) is 1.69. The maximum atomic E-state index is 14.5. The molecule has 5 rings (SSSR count). The minimum Gasteiger partial charge on any atom is -0.490 e. The van der Waals surface area contributed by atoms with Crippen LogP contribution in [0.5, 0.6) is 5.75 Å². The summed E-state index contributed by atoms with van der Waals surface area (Å²) in [4.78, 5) is 44.1. The van der Waals surface area contributed by atoms with Gasteiger partial charge in [0.05, 0.1) is 36.1 Å². The molecular weight excluding hydrogens is 664 g/mol. The number of ether oxygens (including phenoxy) is 2. The largest absolute Gasteiger partial charge is 0.490 e. The van der Waals surface area contributed by atoms with Crippen molar-refractivity contribution < 1.29 is 33.5 Å². The number of fused-ring (bicyclic) bond motifs is 2. The van der Waals surface area contributed by atoms with E-state index in [1.54, 1.807) is 55.8 Å². The number of rotatable bonds is 7. The number of carbonyl (C=O) groups is 3. The molecule has 1 aliphatic rings. The number of anilines is 3. The van der Waals surface area contributed by atoms with Crippen molar-refractivity contribution in [2.24, 2.45) is 5.92 Å². The monoisotopic (exact) mass is 714 g/mol. The highest BCUT2D eigenvalue weighted by Crippen LogP contribution is 2.29. The molecule has 4 atom stereocenters. The van der Waals surface area contributed by atoms with Crippen LogP contribution < -0.4 is 20.7 Å². The average Bonchev–Trinajstić information content (AvgIpc) is 3.44. The van der Waals surface area contributed by atoms with Crippen LogP contribution in [0.4, 0.5) is 26.7 Å². The van der Waals surface area contributed by atoms with Crippen LogP contribution in [0.15, 0.2) is 65.2 Å². The number of hydrogen-bond acceptors (Lipinski definition) is 8. The molecule has 52 heavy (non-hydrogen) atoms. The molecule has 1 aromatic heterocycles. The van der Waals surface area contributed by atoms with E-state index in [4.69, 9.17) is 14.0 Å². The number of nitrogens with one attached hydrogen (secondary N) is 3. The third kappa shape index (κ3) is 9.39. The summed E-state index contributed by atoms with van der Waals surface area (Å²) < 4.78 is 17.9. The van der Waals surface area contributed by atoms with Crippen molar-refractivity contribution in [3.63, 3.8) is 0 Å². The summed E-state index contributed by atoms with van der Waals surface area (Å²) in [5.41, 5.74) is 2.42. The molecule has 5 amide bonds. The Morgan fingerprint density at radius 2 is 1.81 bits per heavy atom. The number of aliphatic hydroxyl groups excluding tert-OH is 1. The topological polar surface area (TPSA) is 158 Å². The number of likely N-dealkylation sites (N-methyl/N-ethyl adjacent to an activating group) is 1. The second-order valence-electron chi connectivity index (χ2n) is 13.6. The van der Waals surface area contributed by atoms with Gasteiger partial charge in [-0.15, -0.1) is 0 Å². The molecule has 1 aliphatic heterocycles. The number of nitrogens with zero attached hydrogens (tertiary/aromatic N) is 3. The van der Waals surface area contributed by atoms with Crippen molar-refractivity contribution in [2.75, 3.05) is 49.3 Å². The first-order chi connectivity index (χ1) is 24.9. The predicted molar refractivity (Wildman–Crippen MR) is 201 cm³/mol. The molecule has 3 aromatic carbocycles. The second kappa shape index (κ2) is 17.4. The molecule has 278 valence electrons. The number of amides is 5. The van der Waals surface area contributed by atoms with Crippen LogP contribution in [0.3, 0.4) is 0 Å². The minimum atomic E-state index is -0.555. The number of aryl methyl sites for hydroxylation is 2. The Morgan fingerprint density at radius 3 is 2.56 bits per heavy atom. The van der Waals surface area contributed by atoms with Gasteiger partial charge in [-0.05, 0) is 76.6 Å². The molecule has 13 heteroatoms. The summed E-state index contributed by atoms with van der Waals surface area (Å²) >= 11 is 0. The van der Waals surface area contributed by atoms with Gasteiger partial charge in [0.1, 0.15) is 17.1 Å². The normalized spacial score (nSPS) is 19.2. The van der Waals surface area contributed by atoms with Crippen LogP contribution >= 0.6 is 0 Å². The number of aliphatic hydroxyl groups is 1. The molecule has 0 fully saturated rings. The maximum Gasteiger partial charge on any atom is 0.323 e.